The SMILES string of the molecule is CC(C)(C)OC(=O)N=C1SC[C@H](COC(=O)OC(C)(C)C)N1C(=O)O. The maximum Gasteiger partial charge on any atom is 0.508 e. The van der Waals surface area contributed by atoms with E-state index in [-0.39, 0.29) is 17.5 Å². The zero-order valence-electron chi connectivity index (χ0n) is 15.2. The van der Waals surface area contributed by atoms with E-state index in [1.807, 2.05) is 0 Å². The molecule has 1 N–H and O–H groups in total. The Morgan fingerprint density at radius 1 is 1.16 bits per heavy atom. The molecule has 0 spiro atoms. The highest BCUT2D eigenvalue weighted by Gasteiger charge is 2.37. The Balaban J connectivity index is 2.73. The summed E-state index contributed by atoms with van der Waals surface area (Å²) < 4.78 is 15.0. The number of aliphatic imine (C=N–C) groups is 1. The molecule has 1 aliphatic rings. The average molecular weight is 376 g/mol. The number of nitrogens with zero attached hydrogens (tertiary/aromatic N) is 2. The van der Waals surface area contributed by atoms with Crippen LogP contribution >= 0.6 is 11.8 Å². The molecule has 1 atom stereocenters. The van der Waals surface area contributed by atoms with Crippen molar-refractivity contribution in [2.24, 2.45) is 4.99 Å². The van der Waals surface area contributed by atoms with Gasteiger partial charge in [-0.15, -0.1) is 0 Å². The van der Waals surface area contributed by atoms with Gasteiger partial charge in [-0.05, 0) is 41.5 Å². The summed E-state index contributed by atoms with van der Waals surface area (Å²) in [5.74, 6) is 0.288. The molecular weight excluding hydrogens is 352 g/mol. The van der Waals surface area contributed by atoms with E-state index in [9.17, 15) is 19.5 Å². The molecule has 0 bridgehead atoms. The minimum Gasteiger partial charge on any atom is -0.465 e. The van der Waals surface area contributed by atoms with Crippen LogP contribution in [0.4, 0.5) is 14.4 Å². The molecule has 10 heteroatoms. The highest BCUT2D eigenvalue weighted by molar-refractivity contribution is 8.14. The summed E-state index contributed by atoms with van der Waals surface area (Å²) in [5, 5.41) is 9.34. The predicted octanol–water partition coefficient (Wildman–Crippen LogP) is 3.32. The fraction of sp³-hybridized carbons (Fsp3) is 0.733. The van der Waals surface area contributed by atoms with Gasteiger partial charge >= 0.3 is 18.3 Å². The van der Waals surface area contributed by atoms with Gasteiger partial charge < -0.3 is 19.3 Å². The Labute approximate surface area is 150 Å². The Hall–Kier alpha value is -1.97. The second-order valence-corrected chi connectivity index (χ2v) is 8.25. The molecule has 0 aromatic heterocycles. The summed E-state index contributed by atoms with van der Waals surface area (Å²) in [7, 11) is 0. The lowest BCUT2D eigenvalue weighted by Crippen LogP contribution is -2.42. The molecule has 1 heterocycles. The molecular formula is C15H24N2O7S. The van der Waals surface area contributed by atoms with Gasteiger partial charge in [-0.25, -0.2) is 19.3 Å². The second-order valence-electron chi connectivity index (χ2n) is 7.27. The van der Waals surface area contributed by atoms with Crippen LogP contribution in [0.3, 0.4) is 0 Å². The minimum atomic E-state index is -1.30. The maximum atomic E-state index is 11.8. The van der Waals surface area contributed by atoms with Gasteiger partial charge in [0.15, 0.2) is 5.17 Å². The Bertz CT molecular complexity index is 563. The lowest BCUT2D eigenvalue weighted by molar-refractivity contribution is -0.0126. The van der Waals surface area contributed by atoms with E-state index in [4.69, 9.17) is 14.2 Å². The minimum absolute atomic E-state index is 0.0143. The molecule has 9 nitrogen and oxygen atoms in total. The van der Waals surface area contributed by atoms with Crippen molar-refractivity contribution < 1.29 is 33.7 Å². The summed E-state index contributed by atoms with van der Waals surface area (Å²) >= 11 is 1.07. The summed E-state index contributed by atoms with van der Waals surface area (Å²) in [5.41, 5.74) is -1.45. The number of carboxylic acid groups (broad SMARTS) is 1. The molecule has 1 rings (SSSR count). The third kappa shape index (κ3) is 7.63. The molecule has 0 unspecified atom stereocenters. The quantitative estimate of drug-likeness (QED) is 0.730. The van der Waals surface area contributed by atoms with E-state index in [0.717, 1.165) is 16.7 Å². The van der Waals surface area contributed by atoms with E-state index in [0.29, 0.717) is 0 Å². The van der Waals surface area contributed by atoms with Crippen molar-refractivity contribution in [3.05, 3.63) is 0 Å². The van der Waals surface area contributed by atoms with Gasteiger partial charge in [-0.3, -0.25) is 0 Å². The van der Waals surface area contributed by atoms with Crippen molar-refractivity contribution in [1.29, 1.82) is 0 Å². The van der Waals surface area contributed by atoms with Crippen molar-refractivity contribution in [1.82, 2.24) is 4.90 Å². The maximum absolute atomic E-state index is 11.8. The van der Waals surface area contributed by atoms with Gasteiger partial charge in [-0.1, -0.05) is 11.8 Å². The van der Waals surface area contributed by atoms with Crippen molar-refractivity contribution in [2.45, 2.75) is 58.8 Å². The number of carbonyl (C=O) groups is 3. The molecule has 0 aromatic carbocycles. The number of carbonyl (C=O) groups excluding carboxylic acids is 2. The Kier molecular flexibility index (Phi) is 6.69. The van der Waals surface area contributed by atoms with Gasteiger partial charge in [0, 0.05) is 5.75 Å². The van der Waals surface area contributed by atoms with Gasteiger partial charge in [0.25, 0.3) is 0 Å². The number of hydrogen-bond donors (Lipinski definition) is 1. The Morgan fingerprint density at radius 3 is 2.20 bits per heavy atom. The number of amidine groups is 1. The molecule has 0 radical (unpaired) electrons. The highest BCUT2D eigenvalue weighted by atomic mass is 32.2. The van der Waals surface area contributed by atoms with Crippen molar-refractivity contribution in [2.75, 3.05) is 12.4 Å². The molecule has 0 aromatic rings. The summed E-state index contributed by atoms with van der Waals surface area (Å²) in [6, 6.07) is -0.670. The van der Waals surface area contributed by atoms with Crippen LogP contribution in [0.2, 0.25) is 0 Å². The first kappa shape index (κ1) is 21.1. The van der Waals surface area contributed by atoms with E-state index >= 15 is 0 Å². The summed E-state index contributed by atoms with van der Waals surface area (Å²) in [6.07, 6.45) is -3.07. The zero-order valence-corrected chi connectivity index (χ0v) is 16.0. The van der Waals surface area contributed by atoms with Gasteiger partial charge in [-0.2, -0.15) is 4.99 Å². The monoisotopic (exact) mass is 376 g/mol. The number of hydrogen-bond acceptors (Lipinski definition) is 7. The first-order valence-electron chi connectivity index (χ1n) is 7.61. The standard InChI is InChI=1S/C15H24N2O7S/c1-14(2,3)23-11(18)16-10-17(12(19)20)9(8-25-10)7-22-13(21)24-15(4,5)6/h9H,7-8H2,1-6H3,(H,19,20)/t9-/m0/s1. The fourth-order valence-corrected chi connectivity index (χ4v) is 2.82. The summed E-state index contributed by atoms with van der Waals surface area (Å²) in [4.78, 5) is 39.4. The molecule has 25 heavy (non-hydrogen) atoms. The van der Waals surface area contributed by atoms with Crippen molar-refractivity contribution in [3.8, 4) is 0 Å². The molecule has 0 saturated carbocycles. The third-order valence-electron chi connectivity index (χ3n) is 2.55. The van der Waals surface area contributed by atoms with E-state index in [2.05, 4.69) is 4.99 Å². The van der Waals surface area contributed by atoms with Crippen LogP contribution < -0.4 is 0 Å². The zero-order chi connectivity index (χ0) is 19.4. The van der Waals surface area contributed by atoms with E-state index < -0.39 is 35.6 Å². The number of amides is 2. The number of rotatable bonds is 2. The van der Waals surface area contributed by atoms with Crippen molar-refractivity contribution >= 4 is 35.3 Å². The number of ether oxygens (including phenoxy) is 3. The average Bonchev–Trinajstić information content (AvgIpc) is 2.74. The van der Waals surface area contributed by atoms with E-state index in [1.54, 1.807) is 41.5 Å². The van der Waals surface area contributed by atoms with Crippen molar-refractivity contribution in [3.63, 3.8) is 0 Å². The van der Waals surface area contributed by atoms with Crippen LogP contribution in [0.15, 0.2) is 4.99 Å². The van der Waals surface area contributed by atoms with Gasteiger partial charge in [0.2, 0.25) is 0 Å². The fourth-order valence-electron chi connectivity index (χ4n) is 1.72. The summed E-state index contributed by atoms with van der Waals surface area (Å²) in [6.45, 7) is 9.90. The number of thioether (sulfide) groups is 1. The van der Waals surface area contributed by atoms with Crippen LogP contribution in [0, 0.1) is 0 Å². The van der Waals surface area contributed by atoms with Crippen LogP contribution in [0.25, 0.3) is 0 Å². The second kappa shape index (κ2) is 7.94. The molecule has 1 saturated heterocycles. The first-order chi connectivity index (χ1) is 11.3. The molecule has 1 fully saturated rings. The molecule has 2 amide bonds. The molecule has 1 aliphatic heterocycles. The van der Waals surface area contributed by atoms with Crippen LogP contribution in [0.5, 0.6) is 0 Å². The van der Waals surface area contributed by atoms with Gasteiger partial charge in [0.1, 0.15) is 17.8 Å². The van der Waals surface area contributed by atoms with Crippen LogP contribution in [0.1, 0.15) is 41.5 Å². The largest absolute Gasteiger partial charge is 0.508 e. The normalized spacial score (nSPS) is 19.7. The van der Waals surface area contributed by atoms with E-state index in [1.165, 1.54) is 0 Å². The highest BCUT2D eigenvalue weighted by Crippen LogP contribution is 2.25. The third-order valence-corrected chi connectivity index (χ3v) is 3.64. The van der Waals surface area contributed by atoms with Gasteiger partial charge in [0.05, 0.1) is 6.04 Å². The van der Waals surface area contributed by atoms with Crippen LogP contribution in [-0.4, -0.2) is 63.1 Å². The molecule has 0 aliphatic carbocycles. The predicted molar refractivity (Wildman–Crippen MR) is 92.0 cm³/mol. The van der Waals surface area contributed by atoms with Crippen LogP contribution in [-0.2, 0) is 14.2 Å². The lowest BCUT2D eigenvalue weighted by Gasteiger charge is -2.23. The smallest absolute Gasteiger partial charge is 0.465 e. The topological polar surface area (TPSA) is 115 Å². The lowest BCUT2D eigenvalue weighted by atomic mass is 10.2. The molecule has 142 valence electrons. The Morgan fingerprint density at radius 2 is 1.72 bits per heavy atom. The first-order valence-corrected chi connectivity index (χ1v) is 8.59.